The summed E-state index contributed by atoms with van der Waals surface area (Å²) in [6.45, 7) is 6.66. The molecule has 0 radical (unpaired) electrons. The van der Waals surface area contributed by atoms with Crippen molar-refractivity contribution in [3.63, 3.8) is 0 Å². The molecule has 87 heavy (non-hydrogen) atoms. The van der Waals surface area contributed by atoms with E-state index in [2.05, 4.69) is 47.2 Å². The predicted molar refractivity (Wildman–Crippen MR) is 320 cm³/mol. The standard InChI is InChI=1S/C56H93N17O14/c1-5-32(4)44(71-45(77)34(58)30-74)51(83)69-39(29-33-15-7-6-8-16-33)48(80)70-43(31(2)3)53(85)73-28-14-21-41(73)50(82)67-37(19-12-26-64-56(61)62)52(84)72-27-13-20-40(72)49(81)66-36(22-23-42(75)76)47(79)65-35(18-11-25-63-55(59)60)46(78)68-38(54(86)87)17-9-10-24-57/h6-8,15-16,31-32,34-41,43-44,74H,5,9-14,17-30,57-58H2,1-4H3,(H,65,79)(H,66,81)(H,67,82)(H,68,78)(H,69,83)(H,70,80)(H,71,77)(H,75,76)(H,86,87)(H4,59,60,63)(H4,61,62,64)/t32-,34-,35-,36-,37-,38-,39-,40-,41-,43-,44-/m0/s1. The third kappa shape index (κ3) is 24.2. The highest BCUT2D eigenvalue weighted by Crippen LogP contribution is 2.24. The van der Waals surface area contributed by atoms with Crippen LogP contribution in [0.4, 0.5) is 0 Å². The summed E-state index contributed by atoms with van der Waals surface area (Å²) in [5, 5.41) is 47.4. The molecule has 9 amide bonds. The second-order valence-electron chi connectivity index (χ2n) is 22.2. The van der Waals surface area contributed by atoms with E-state index in [-0.39, 0.29) is 102 Å². The lowest BCUT2D eigenvalue weighted by molar-refractivity contribution is -0.145. The maximum atomic E-state index is 14.8. The number of likely N-dealkylation sites (tertiary alicyclic amines) is 2. The molecule has 0 aliphatic carbocycles. The highest BCUT2D eigenvalue weighted by molar-refractivity contribution is 5.99. The van der Waals surface area contributed by atoms with Gasteiger partial charge in [0, 0.05) is 39.0 Å². The van der Waals surface area contributed by atoms with Crippen molar-refractivity contribution in [3.05, 3.63) is 35.9 Å². The first kappa shape index (κ1) is 73.1. The van der Waals surface area contributed by atoms with Gasteiger partial charge >= 0.3 is 11.9 Å². The smallest absolute Gasteiger partial charge is 0.326 e. The molecule has 31 nitrogen and oxygen atoms in total. The van der Waals surface area contributed by atoms with Gasteiger partial charge in [0.05, 0.1) is 6.61 Å². The van der Waals surface area contributed by atoms with Crippen LogP contribution in [-0.4, -0.2) is 202 Å². The second kappa shape index (κ2) is 37.4. The average molecular weight is 1230 g/mol. The summed E-state index contributed by atoms with van der Waals surface area (Å²) < 4.78 is 0. The number of aliphatic imine (C=N–C) groups is 2. The number of carboxylic acid groups (broad SMARTS) is 2. The fraction of sp³-hybridized carbons (Fsp3) is 0.661. The van der Waals surface area contributed by atoms with Gasteiger partial charge in [0.2, 0.25) is 53.2 Å². The molecule has 2 aliphatic rings. The molecule has 2 fully saturated rings. The Labute approximate surface area is 506 Å². The molecule has 31 heteroatoms. The molecular weight excluding hydrogens is 1130 g/mol. The molecule has 2 heterocycles. The van der Waals surface area contributed by atoms with Gasteiger partial charge in [0.25, 0.3) is 0 Å². The van der Waals surface area contributed by atoms with Crippen LogP contribution < -0.4 is 71.6 Å². The third-order valence-corrected chi connectivity index (χ3v) is 15.1. The number of carboxylic acids is 2. The molecule has 2 saturated heterocycles. The van der Waals surface area contributed by atoms with Gasteiger partial charge in [-0.3, -0.25) is 57.9 Å². The summed E-state index contributed by atoms with van der Waals surface area (Å²) in [5.41, 5.74) is 34.0. The Balaban J connectivity index is 1.91. The molecule has 1 aromatic rings. The van der Waals surface area contributed by atoms with Crippen molar-refractivity contribution in [2.75, 3.05) is 39.3 Å². The van der Waals surface area contributed by atoms with E-state index < -0.39 is 157 Å². The van der Waals surface area contributed by atoms with Crippen LogP contribution in [-0.2, 0) is 59.2 Å². The number of unbranched alkanes of at least 4 members (excludes halogenated alkanes) is 1. The molecule has 0 saturated carbocycles. The molecule has 486 valence electrons. The minimum absolute atomic E-state index is 0.0115. The zero-order chi connectivity index (χ0) is 64.9. The van der Waals surface area contributed by atoms with Gasteiger partial charge in [-0.1, -0.05) is 64.4 Å². The summed E-state index contributed by atoms with van der Waals surface area (Å²) in [6.07, 6.45) is 1.16. The maximum Gasteiger partial charge on any atom is 0.326 e. The summed E-state index contributed by atoms with van der Waals surface area (Å²) in [5.74, 6) is -11.2. The van der Waals surface area contributed by atoms with Crippen LogP contribution in [0.2, 0.25) is 0 Å². The van der Waals surface area contributed by atoms with Gasteiger partial charge in [-0.15, -0.1) is 0 Å². The topological polar surface area (TPSA) is 520 Å². The van der Waals surface area contributed by atoms with Crippen LogP contribution in [0.25, 0.3) is 0 Å². The van der Waals surface area contributed by atoms with Crippen LogP contribution in [0.3, 0.4) is 0 Å². The van der Waals surface area contributed by atoms with Crippen LogP contribution >= 0.6 is 0 Å². The zero-order valence-electron chi connectivity index (χ0n) is 50.2. The number of hydrogen-bond acceptors (Lipinski definition) is 16. The number of nitrogens with zero attached hydrogens (tertiary/aromatic N) is 4. The first-order valence-electron chi connectivity index (χ1n) is 29.6. The van der Waals surface area contributed by atoms with E-state index in [0.29, 0.717) is 31.2 Å². The molecule has 3 rings (SSSR count). The number of amides is 9. The fourth-order valence-corrected chi connectivity index (χ4v) is 10.0. The molecular formula is C56H93N17O14. The number of nitrogens with one attached hydrogen (secondary N) is 7. The van der Waals surface area contributed by atoms with E-state index in [1.165, 1.54) is 9.80 Å². The van der Waals surface area contributed by atoms with E-state index in [0.717, 1.165) is 0 Å². The van der Waals surface area contributed by atoms with Crippen molar-refractivity contribution in [3.8, 4) is 0 Å². The van der Waals surface area contributed by atoms with Crippen LogP contribution in [0.1, 0.15) is 123 Å². The number of rotatable bonds is 38. The quantitative estimate of drug-likeness (QED) is 0.0170. The van der Waals surface area contributed by atoms with Gasteiger partial charge < -0.3 is 96.7 Å². The van der Waals surface area contributed by atoms with Crippen molar-refractivity contribution < 1.29 is 68.1 Å². The molecule has 2 aliphatic heterocycles. The normalized spacial score (nSPS) is 17.7. The van der Waals surface area contributed by atoms with E-state index in [4.69, 9.17) is 34.4 Å². The monoisotopic (exact) mass is 1230 g/mol. The Bertz CT molecular complexity index is 2550. The first-order valence-corrected chi connectivity index (χ1v) is 29.6. The Hall–Kier alpha value is -8.19. The lowest BCUT2D eigenvalue weighted by Gasteiger charge is -2.33. The van der Waals surface area contributed by atoms with Crippen LogP contribution in [0, 0.1) is 11.8 Å². The first-order chi connectivity index (χ1) is 41.2. The summed E-state index contributed by atoms with van der Waals surface area (Å²) in [6, 6.07) is -4.31. The molecule has 11 atom stereocenters. The Morgan fingerprint density at radius 3 is 1.57 bits per heavy atom. The van der Waals surface area contributed by atoms with Crippen molar-refractivity contribution in [2.24, 2.45) is 56.2 Å². The lowest BCUT2D eigenvalue weighted by atomic mass is 9.96. The average Bonchev–Trinajstić information content (AvgIpc) is 4.40. The number of aliphatic carboxylic acids is 2. The molecule has 0 aromatic heterocycles. The number of aliphatic hydroxyl groups excluding tert-OH is 1. The SMILES string of the molecule is CC[C@H](C)[C@H](NC(=O)[C@@H](N)CO)C(=O)N[C@@H](Cc1ccccc1)C(=O)N[C@H](C(=O)N1CCC[C@H]1C(=O)N[C@@H](CCCN=C(N)N)C(=O)N1CCC[C@H]1C(=O)N[C@@H](CCC(=O)O)C(=O)N[C@@H](CCCN=C(N)N)C(=O)N[C@@H](CCCCN)C(=O)O)C(C)C. The number of nitrogens with two attached hydrogens (primary N) is 6. The number of carbonyl (C=O) groups is 11. The summed E-state index contributed by atoms with van der Waals surface area (Å²) in [7, 11) is 0. The zero-order valence-corrected chi connectivity index (χ0v) is 50.2. The van der Waals surface area contributed by atoms with Gasteiger partial charge in [-0.25, -0.2) is 4.79 Å². The summed E-state index contributed by atoms with van der Waals surface area (Å²) in [4.78, 5) is 162. The van der Waals surface area contributed by atoms with Crippen molar-refractivity contribution in [1.29, 1.82) is 0 Å². The summed E-state index contributed by atoms with van der Waals surface area (Å²) >= 11 is 0. The Morgan fingerprint density at radius 2 is 1.07 bits per heavy atom. The number of carbonyl (C=O) groups excluding carboxylic acids is 9. The molecule has 0 spiro atoms. The minimum atomic E-state index is -1.59. The van der Waals surface area contributed by atoms with Crippen LogP contribution in [0.15, 0.2) is 40.3 Å². The third-order valence-electron chi connectivity index (χ3n) is 15.1. The Morgan fingerprint density at radius 1 is 0.586 bits per heavy atom. The molecule has 0 bridgehead atoms. The fourth-order valence-electron chi connectivity index (χ4n) is 10.0. The van der Waals surface area contributed by atoms with E-state index in [9.17, 15) is 68.1 Å². The number of aliphatic hydroxyl groups is 1. The molecule has 1 aromatic carbocycles. The van der Waals surface area contributed by atoms with Gasteiger partial charge in [0.1, 0.15) is 60.4 Å². The number of hydrogen-bond donors (Lipinski definition) is 16. The molecule has 0 unspecified atom stereocenters. The van der Waals surface area contributed by atoms with Crippen molar-refractivity contribution in [2.45, 2.75) is 184 Å². The minimum Gasteiger partial charge on any atom is -0.481 e. The van der Waals surface area contributed by atoms with E-state index in [1.807, 2.05) is 0 Å². The largest absolute Gasteiger partial charge is 0.481 e. The van der Waals surface area contributed by atoms with Crippen LogP contribution in [0.5, 0.6) is 0 Å². The van der Waals surface area contributed by atoms with Gasteiger partial charge in [0.15, 0.2) is 11.9 Å². The number of guanidine groups is 2. The number of benzene rings is 1. The van der Waals surface area contributed by atoms with Gasteiger partial charge in [-0.2, -0.15) is 0 Å². The maximum absolute atomic E-state index is 14.8. The van der Waals surface area contributed by atoms with Crippen molar-refractivity contribution in [1.82, 2.24) is 47.0 Å². The lowest BCUT2D eigenvalue weighted by Crippen LogP contribution is -2.61. The highest BCUT2D eigenvalue weighted by atomic mass is 16.4. The van der Waals surface area contributed by atoms with Crippen molar-refractivity contribution >= 4 is 77.0 Å². The highest BCUT2D eigenvalue weighted by Gasteiger charge is 2.44. The van der Waals surface area contributed by atoms with Gasteiger partial charge in [-0.05, 0) is 101 Å². The van der Waals surface area contributed by atoms with E-state index >= 15 is 0 Å². The van der Waals surface area contributed by atoms with E-state index in [1.54, 1.807) is 58.0 Å². The second-order valence-corrected chi connectivity index (χ2v) is 22.2. The molecule has 22 N–H and O–H groups in total. The predicted octanol–water partition coefficient (Wildman–Crippen LogP) is -4.19. The Kier molecular flexibility index (Phi) is 31.4.